The molecule has 1 N–H and O–H groups in total. The van der Waals surface area contributed by atoms with Gasteiger partial charge in [-0.15, -0.1) is 0 Å². The van der Waals surface area contributed by atoms with E-state index in [1.54, 1.807) is 10.9 Å². The van der Waals surface area contributed by atoms with E-state index in [0.29, 0.717) is 30.4 Å². The lowest BCUT2D eigenvalue weighted by Gasteiger charge is -2.05. The summed E-state index contributed by atoms with van der Waals surface area (Å²) in [5.41, 5.74) is 0.997. The zero-order chi connectivity index (χ0) is 12.4. The van der Waals surface area contributed by atoms with Gasteiger partial charge < -0.3 is 9.84 Å². The highest BCUT2D eigenvalue weighted by Crippen LogP contribution is 2.27. The van der Waals surface area contributed by atoms with Crippen LogP contribution in [0.1, 0.15) is 42.2 Å². The molecule has 1 fully saturated rings. The van der Waals surface area contributed by atoms with Gasteiger partial charge in [-0.05, 0) is 12.3 Å². The second kappa shape index (κ2) is 4.87. The first-order valence-electron chi connectivity index (χ1n) is 5.96. The molecule has 1 aromatic rings. The Hall–Kier alpha value is -1.36. The van der Waals surface area contributed by atoms with E-state index in [9.17, 15) is 9.90 Å². The highest BCUT2D eigenvalue weighted by Gasteiger charge is 2.26. The Morgan fingerprint density at radius 2 is 2.47 bits per heavy atom. The minimum Gasteiger partial charge on any atom is -0.478 e. The lowest BCUT2D eigenvalue weighted by atomic mass is 10.0. The Morgan fingerprint density at radius 1 is 1.71 bits per heavy atom. The van der Waals surface area contributed by atoms with Gasteiger partial charge in [-0.3, -0.25) is 4.68 Å². The Labute approximate surface area is 100 Å². The van der Waals surface area contributed by atoms with Crippen LogP contribution in [0.3, 0.4) is 0 Å². The van der Waals surface area contributed by atoms with Gasteiger partial charge >= 0.3 is 5.97 Å². The van der Waals surface area contributed by atoms with Crippen molar-refractivity contribution in [1.82, 2.24) is 9.78 Å². The van der Waals surface area contributed by atoms with E-state index in [4.69, 9.17) is 4.74 Å². The van der Waals surface area contributed by atoms with Crippen molar-refractivity contribution in [3.8, 4) is 0 Å². The predicted octanol–water partition coefficient (Wildman–Crippen LogP) is 1.74. The number of carbonyl (C=O) groups is 1. The quantitative estimate of drug-likeness (QED) is 0.867. The number of hydrogen-bond acceptors (Lipinski definition) is 3. The molecule has 1 aliphatic rings. The van der Waals surface area contributed by atoms with E-state index in [1.165, 1.54) is 0 Å². The molecule has 1 atom stereocenters. The molecule has 1 aliphatic heterocycles. The number of nitrogens with zero attached hydrogens (tertiary/aromatic N) is 2. The van der Waals surface area contributed by atoms with Gasteiger partial charge in [0, 0.05) is 25.3 Å². The summed E-state index contributed by atoms with van der Waals surface area (Å²) in [7, 11) is 0. The minimum absolute atomic E-state index is 0.134. The first kappa shape index (κ1) is 12.1. The highest BCUT2D eigenvalue weighted by molar-refractivity contribution is 5.88. The van der Waals surface area contributed by atoms with Crippen molar-refractivity contribution in [2.45, 2.75) is 32.7 Å². The predicted molar refractivity (Wildman–Crippen MR) is 62.2 cm³/mol. The van der Waals surface area contributed by atoms with Crippen LogP contribution < -0.4 is 0 Å². The smallest absolute Gasteiger partial charge is 0.339 e. The zero-order valence-electron chi connectivity index (χ0n) is 10.2. The summed E-state index contributed by atoms with van der Waals surface area (Å²) < 4.78 is 7.03. The van der Waals surface area contributed by atoms with Crippen molar-refractivity contribution in [2.24, 2.45) is 5.92 Å². The molecule has 5 nitrogen and oxygen atoms in total. The van der Waals surface area contributed by atoms with Gasteiger partial charge in [-0.1, -0.05) is 13.8 Å². The van der Waals surface area contributed by atoms with E-state index in [2.05, 4.69) is 18.9 Å². The lowest BCUT2D eigenvalue weighted by molar-refractivity contribution is 0.0695. The van der Waals surface area contributed by atoms with Crippen molar-refractivity contribution in [3.05, 3.63) is 17.5 Å². The monoisotopic (exact) mass is 238 g/mol. The van der Waals surface area contributed by atoms with Crippen LogP contribution in [0, 0.1) is 5.92 Å². The van der Waals surface area contributed by atoms with E-state index < -0.39 is 5.97 Å². The van der Waals surface area contributed by atoms with E-state index >= 15 is 0 Å². The van der Waals surface area contributed by atoms with E-state index in [0.717, 1.165) is 13.0 Å². The van der Waals surface area contributed by atoms with E-state index in [1.807, 2.05) is 0 Å². The van der Waals surface area contributed by atoms with Crippen molar-refractivity contribution in [1.29, 1.82) is 0 Å². The number of carboxylic acids is 1. The van der Waals surface area contributed by atoms with Crippen LogP contribution in [-0.4, -0.2) is 34.1 Å². The molecule has 0 aromatic carbocycles. The molecule has 2 rings (SSSR count). The van der Waals surface area contributed by atoms with Gasteiger partial charge in [-0.2, -0.15) is 5.10 Å². The Balaban J connectivity index is 2.28. The molecule has 2 heterocycles. The maximum absolute atomic E-state index is 11.2. The molecule has 1 unspecified atom stereocenters. The maximum atomic E-state index is 11.2. The number of ether oxygens (including phenoxy) is 1. The van der Waals surface area contributed by atoms with Crippen molar-refractivity contribution in [2.75, 3.05) is 13.2 Å². The Morgan fingerprint density at radius 3 is 3.00 bits per heavy atom. The van der Waals surface area contributed by atoms with Crippen molar-refractivity contribution in [3.63, 3.8) is 0 Å². The molecule has 94 valence electrons. The Kier molecular flexibility index (Phi) is 3.47. The van der Waals surface area contributed by atoms with Gasteiger partial charge in [0.25, 0.3) is 0 Å². The first-order valence-corrected chi connectivity index (χ1v) is 5.96. The molecule has 0 spiro atoms. The summed E-state index contributed by atoms with van der Waals surface area (Å²) >= 11 is 0. The number of rotatable bonds is 4. The minimum atomic E-state index is -0.901. The normalized spacial score (nSPS) is 20.1. The third kappa shape index (κ3) is 2.66. The second-order valence-corrected chi connectivity index (χ2v) is 4.91. The maximum Gasteiger partial charge on any atom is 0.339 e. The highest BCUT2D eigenvalue weighted by atomic mass is 16.5. The van der Waals surface area contributed by atoms with Crippen LogP contribution in [0.5, 0.6) is 0 Å². The molecule has 0 radical (unpaired) electrons. The molecule has 1 aromatic heterocycles. The van der Waals surface area contributed by atoms with Crippen LogP contribution in [0.25, 0.3) is 0 Å². The molecule has 17 heavy (non-hydrogen) atoms. The molecule has 0 saturated carbocycles. The molecular weight excluding hydrogens is 220 g/mol. The molecule has 0 amide bonds. The molecule has 1 saturated heterocycles. The van der Waals surface area contributed by atoms with Gasteiger partial charge in [0.2, 0.25) is 0 Å². The van der Waals surface area contributed by atoms with E-state index in [-0.39, 0.29) is 5.92 Å². The number of hydrogen-bond donors (Lipinski definition) is 1. The van der Waals surface area contributed by atoms with Crippen LogP contribution in [0.4, 0.5) is 0 Å². The van der Waals surface area contributed by atoms with Crippen LogP contribution in [0.2, 0.25) is 0 Å². The van der Waals surface area contributed by atoms with Crippen LogP contribution >= 0.6 is 0 Å². The third-order valence-corrected chi connectivity index (χ3v) is 2.89. The Bertz CT molecular complexity index is 406. The summed E-state index contributed by atoms with van der Waals surface area (Å²) in [4.78, 5) is 11.2. The SMILES string of the molecule is CC(C)Cn1cc(C(=O)O)c(C2CCOC2)n1. The zero-order valence-corrected chi connectivity index (χ0v) is 10.2. The van der Waals surface area contributed by atoms with Gasteiger partial charge in [0.15, 0.2) is 0 Å². The van der Waals surface area contributed by atoms with Gasteiger partial charge in [-0.25, -0.2) is 4.79 Å². The lowest BCUT2D eigenvalue weighted by Crippen LogP contribution is -2.07. The molecule has 0 aliphatic carbocycles. The van der Waals surface area contributed by atoms with Gasteiger partial charge in [0.05, 0.1) is 12.3 Å². The fourth-order valence-electron chi connectivity index (χ4n) is 2.12. The van der Waals surface area contributed by atoms with Crippen molar-refractivity contribution >= 4 is 5.97 Å². The van der Waals surface area contributed by atoms with Gasteiger partial charge in [0.1, 0.15) is 5.56 Å². The number of carboxylic acid groups (broad SMARTS) is 1. The topological polar surface area (TPSA) is 64.4 Å². The molecule has 5 heteroatoms. The fourth-order valence-corrected chi connectivity index (χ4v) is 2.12. The fraction of sp³-hybridized carbons (Fsp3) is 0.667. The van der Waals surface area contributed by atoms with Crippen LogP contribution in [0.15, 0.2) is 6.20 Å². The van der Waals surface area contributed by atoms with Crippen molar-refractivity contribution < 1.29 is 14.6 Å². The summed E-state index contributed by atoms with van der Waals surface area (Å²) in [6.07, 6.45) is 2.49. The first-order chi connectivity index (χ1) is 8.08. The summed E-state index contributed by atoms with van der Waals surface area (Å²) in [5.74, 6) is -0.319. The second-order valence-electron chi connectivity index (χ2n) is 4.91. The molecule has 0 bridgehead atoms. The number of aromatic nitrogens is 2. The number of aromatic carboxylic acids is 1. The summed E-state index contributed by atoms with van der Waals surface area (Å²) in [6, 6.07) is 0. The third-order valence-electron chi connectivity index (χ3n) is 2.89. The average Bonchev–Trinajstić information content (AvgIpc) is 2.82. The van der Waals surface area contributed by atoms with Crippen LogP contribution in [-0.2, 0) is 11.3 Å². The average molecular weight is 238 g/mol. The summed E-state index contributed by atoms with van der Waals surface area (Å²) in [6.45, 7) is 6.19. The largest absolute Gasteiger partial charge is 0.478 e. The molecular formula is C12H18N2O3. The summed E-state index contributed by atoms with van der Waals surface area (Å²) in [5, 5.41) is 13.6. The standard InChI is InChI=1S/C12H18N2O3/c1-8(2)5-14-6-10(12(15)16)11(13-14)9-3-4-17-7-9/h6,8-9H,3-5,7H2,1-2H3,(H,15,16).